The summed E-state index contributed by atoms with van der Waals surface area (Å²) in [6.45, 7) is 1.49. The van der Waals surface area contributed by atoms with E-state index < -0.39 is 5.41 Å². The Balaban J connectivity index is 1.81. The minimum Gasteiger partial charge on any atom is -0.355 e. The van der Waals surface area contributed by atoms with E-state index in [2.05, 4.69) is 16.0 Å². The zero-order valence-electron chi connectivity index (χ0n) is 12.0. The predicted octanol–water partition coefficient (Wildman–Crippen LogP) is 4.45. The van der Waals surface area contributed by atoms with Crippen molar-refractivity contribution in [1.29, 1.82) is 5.26 Å². The fourth-order valence-electron chi connectivity index (χ4n) is 2.96. The lowest BCUT2D eigenvalue weighted by atomic mass is 9.74. The van der Waals surface area contributed by atoms with Gasteiger partial charge in [0.2, 0.25) is 0 Å². The quantitative estimate of drug-likeness (QED) is 0.816. The molecule has 2 heterocycles. The molecule has 0 N–H and O–H groups in total. The van der Waals surface area contributed by atoms with Gasteiger partial charge < -0.3 is 4.90 Å². The molecule has 22 heavy (non-hydrogen) atoms. The highest BCUT2D eigenvalue weighted by atomic mass is 35.5. The van der Waals surface area contributed by atoms with E-state index in [4.69, 9.17) is 23.2 Å². The average molecular weight is 332 g/mol. The van der Waals surface area contributed by atoms with Crippen molar-refractivity contribution in [3.63, 3.8) is 0 Å². The number of nitriles is 1. The van der Waals surface area contributed by atoms with Crippen LogP contribution in [0, 0.1) is 11.3 Å². The molecule has 112 valence electrons. The van der Waals surface area contributed by atoms with E-state index in [0.29, 0.717) is 10.0 Å². The Labute approximate surface area is 140 Å². The fraction of sp³-hybridized carbons (Fsp3) is 0.294. The zero-order chi connectivity index (χ0) is 15.6. The molecule has 0 amide bonds. The van der Waals surface area contributed by atoms with Crippen LogP contribution in [-0.2, 0) is 5.41 Å². The molecule has 0 unspecified atom stereocenters. The van der Waals surface area contributed by atoms with Crippen LogP contribution < -0.4 is 4.90 Å². The third kappa shape index (κ3) is 2.77. The van der Waals surface area contributed by atoms with Crippen LogP contribution in [0.25, 0.3) is 0 Å². The second-order valence-corrected chi connectivity index (χ2v) is 6.35. The molecule has 1 aromatic heterocycles. The van der Waals surface area contributed by atoms with Crippen molar-refractivity contribution < 1.29 is 0 Å². The van der Waals surface area contributed by atoms with Gasteiger partial charge in [-0.05, 0) is 24.5 Å². The molecule has 0 bridgehead atoms. The Hall–Kier alpha value is -1.76. The smallest absolute Gasteiger partial charge is 0.147 e. The van der Waals surface area contributed by atoms with Crippen molar-refractivity contribution in [2.24, 2.45) is 0 Å². The lowest BCUT2D eigenvalue weighted by Gasteiger charge is -2.38. The highest BCUT2D eigenvalue weighted by Crippen LogP contribution is 2.37. The van der Waals surface area contributed by atoms with Gasteiger partial charge in [0.25, 0.3) is 0 Å². The maximum Gasteiger partial charge on any atom is 0.147 e. The lowest BCUT2D eigenvalue weighted by molar-refractivity contribution is 0.414. The summed E-state index contributed by atoms with van der Waals surface area (Å²) < 4.78 is 0. The van der Waals surface area contributed by atoms with Crippen molar-refractivity contribution in [3.8, 4) is 6.07 Å². The molecule has 1 fully saturated rings. The van der Waals surface area contributed by atoms with E-state index in [1.54, 1.807) is 12.3 Å². The summed E-state index contributed by atoms with van der Waals surface area (Å²) >= 11 is 12.1. The molecule has 1 aliphatic rings. The average Bonchev–Trinajstić information content (AvgIpc) is 2.56. The Morgan fingerprint density at radius 3 is 2.41 bits per heavy atom. The maximum atomic E-state index is 9.72. The molecule has 5 heteroatoms. The Bertz CT molecular complexity index is 702. The number of piperidine rings is 1. The standard InChI is InChI=1S/C17H15Cl2N3/c18-14-10-15(19)16(21-11-14)22-8-6-17(12-20,7-9-22)13-4-2-1-3-5-13/h1-5,10-11H,6-9H2. The maximum absolute atomic E-state index is 9.72. The van der Waals surface area contributed by atoms with Crippen LogP contribution in [0.4, 0.5) is 5.82 Å². The van der Waals surface area contributed by atoms with Crippen LogP contribution >= 0.6 is 23.2 Å². The van der Waals surface area contributed by atoms with E-state index in [1.165, 1.54) is 0 Å². The normalized spacial score (nSPS) is 17.0. The molecule has 0 aliphatic carbocycles. The Kier molecular flexibility index (Phi) is 4.24. The molecule has 1 saturated heterocycles. The highest BCUT2D eigenvalue weighted by Gasteiger charge is 2.37. The Morgan fingerprint density at radius 2 is 1.82 bits per heavy atom. The van der Waals surface area contributed by atoms with Gasteiger partial charge in [0.15, 0.2) is 0 Å². The first-order valence-corrected chi connectivity index (χ1v) is 7.93. The van der Waals surface area contributed by atoms with Crippen LogP contribution in [0.15, 0.2) is 42.6 Å². The third-order valence-corrected chi connectivity index (χ3v) is 4.73. The van der Waals surface area contributed by atoms with Crippen molar-refractivity contribution in [1.82, 2.24) is 4.98 Å². The van der Waals surface area contributed by atoms with Gasteiger partial charge in [0.05, 0.1) is 21.5 Å². The minimum absolute atomic E-state index is 0.420. The number of rotatable bonds is 2. The highest BCUT2D eigenvalue weighted by molar-refractivity contribution is 6.36. The molecular formula is C17H15Cl2N3. The van der Waals surface area contributed by atoms with Gasteiger partial charge in [-0.25, -0.2) is 4.98 Å². The van der Waals surface area contributed by atoms with Gasteiger partial charge in [-0.1, -0.05) is 53.5 Å². The number of hydrogen-bond donors (Lipinski definition) is 0. The van der Waals surface area contributed by atoms with Crippen molar-refractivity contribution in [3.05, 3.63) is 58.2 Å². The van der Waals surface area contributed by atoms with Gasteiger partial charge in [0, 0.05) is 19.3 Å². The summed E-state index contributed by atoms with van der Waals surface area (Å²) in [6, 6.07) is 14.2. The van der Waals surface area contributed by atoms with E-state index in [-0.39, 0.29) is 0 Å². The second kappa shape index (κ2) is 6.16. The van der Waals surface area contributed by atoms with Gasteiger partial charge in [-0.2, -0.15) is 5.26 Å². The number of nitrogens with zero attached hydrogens (tertiary/aromatic N) is 3. The number of benzene rings is 1. The predicted molar refractivity (Wildman–Crippen MR) is 89.4 cm³/mol. The first-order valence-electron chi connectivity index (χ1n) is 7.17. The monoisotopic (exact) mass is 331 g/mol. The molecule has 0 spiro atoms. The number of pyridine rings is 1. The van der Waals surface area contributed by atoms with E-state index in [9.17, 15) is 5.26 Å². The summed E-state index contributed by atoms with van der Waals surface area (Å²) in [5.74, 6) is 0.741. The van der Waals surface area contributed by atoms with Crippen LogP contribution in [0.5, 0.6) is 0 Å². The molecule has 0 saturated carbocycles. The van der Waals surface area contributed by atoms with Gasteiger partial charge in [0.1, 0.15) is 5.82 Å². The lowest BCUT2D eigenvalue weighted by Crippen LogP contribution is -2.42. The molecule has 3 nitrogen and oxygen atoms in total. The number of aromatic nitrogens is 1. The molecule has 1 aromatic carbocycles. The molecule has 0 radical (unpaired) electrons. The van der Waals surface area contributed by atoms with E-state index in [0.717, 1.165) is 37.3 Å². The second-order valence-electron chi connectivity index (χ2n) is 5.51. The van der Waals surface area contributed by atoms with Crippen molar-refractivity contribution in [2.45, 2.75) is 18.3 Å². The summed E-state index contributed by atoms with van der Waals surface area (Å²) in [7, 11) is 0. The topological polar surface area (TPSA) is 39.9 Å². The molecule has 2 aromatic rings. The van der Waals surface area contributed by atoms with Crippen LogP contribution in [0.1, 0.15) is 18.4 Å². The van der Waals surface area contributed by atoms with Gasteiger partial charge in [-0.15, -0.1) is 0 Å². The minimum atomic E-state index is -0.420. The number of anilines is 1. The first kappa shape index (κ1) is 15.1. The molecule has 3 rings (SSSR count). The summed E-state index contributed by atoms with van der Waals surface area (Å²) in [5, 5.41) is 10.8. The van der Waals surface area contributed by atoms with Crippen LogP contribution in [0.3, 0.4) is 0 Å². The zero-order valence-corrected chi connectivity index (χ0v) is 13.5. The summed E-state index contributed by atoms with van der Waals surface area (Å²) in [4.78, 5) is 6.45. The van der Waals surface area contributed by atoms with Gasteiger partial charge in [-0.3, -0.25) is 0 Å². The summed E-state index contributed by atoms with van der Waals surface area (Å²) in [6.07, 6.45) is 3.12. The van der Waals surface area contributed by atoms with Gasteiger partial charge >= 0.3 is 0 Å². The van der Waals surface area contributed by atoms with Crippen LogP contribution in [0.2, 0.25) is 10.0 Å². The first-order chi connectivity index (χ1) is 10.6. The molecular weight excluding hydrogens is 317 g/mol. The van der Waals surface area contributed by atoms with Crippen molar-refractivity contribution >= 4 is 29.0 Å². The summed E-state index contributed by atoms with van der Waals surface area (Å²) in [5.41, 5.74) is 0.670. The molecule has 1 aliphatic heterocycles. The SMILES string of the molecule is N#CC1(c2ccccc2)CCN(c2ncc(Cl)cc2Cl)CC1. The Morgan fingerprint density at radius 1 is 1.14 bits per heavy atom. The number of hydrogen-bond acceptors (Lipinski definition) is 3. The third-order valence-electron chi connectivity index (χ3n) is 4.25. The van der Waals surface area contributed by atoms with Crippen molar-refractivity contribution in [2.75, 3.05) is 18.0 Å². The van der Waals surface area contributed by atoms with E-state index in [1.807, 2.05) is 30.3 Å². The van der Waals surface area contributed by atoms with Crippen LogP contribution in [-0.4, -0.2) is 18.1 Å². The number of halogens is 2. The largest absolute Gasteiger partial charge is 0.355 e. The van der Waals surface area contributed by atoms with E-state index >= 15 is 0 Å². The fourth-order valence-corrected chi connectivity index (χ4v) is 3.46. The molecule has 0 atom stereocenters.